The Kier molecular flexibility index (Phi) is 32.6. The normalized spacial score (nSPS) is 11.8. The van der Waals surface area contributed by atoms with Crippen LogP contribution in [0.5, 0.6) is 0 Å². The molecule has 0 amide bonds. The molecule has 0 aromatic heterocycles. The van der Waals surface area contributed by atoms with Crippen LogP contribution in [0.15, 0.2) is 23.6 Å². The molecule has 0 aliphatic carbocycles. The van der Waals surface area contributed by atoms with E-state index < -0.39 is 0 Å². The molecule has 0 spiro atoms. The van der Waals surface area contributed by atoms with E-state index in [0.29, 0.717) is 39.6 Å². The van der Waals surface area contributed by atoms with Crippen molar-refractivity contribution in [1.82, 2.24) is 0 Å². The van der Waals surface area contributed by atoms with Crippen LogP contribution in [0.3, 0.4) is 0 Å². The van der Waals surface area contributed by atoms with E-state index in [0.717, 1.165) is 38.5 Å². The van der Waals surface area contributed by atoms with Crippen LogP contribution < -0.4 is 0 Å². The molecular weight excluding hydrogens is 545 g/mol. The highest BCUT2D eigenvalue weighted by Gasteiger charge is 2.10. The molecule has 41 heavy (non-hydrogen) atoms. The molecule has 5 heteroatoms. The van der Waals surface area contributed by atoms with Crippen molar-refractivity contribution in [3.05, 3.63) is 23.6 Å². The van der Waals surface area contributed by atoms with Crippen molar-refractivity contribution in [3.63, 3.8) is 0 Å². The molecule has 0 bridgehead atoms. The van der Waals surface area contributed by atoms with Crippen molar-refractivity contribution in [2.75, 3.05) is 6.26 Å². The number of allylic oxidation sites excluding steroid dienone is 3. The van der Waals surface area contributed by atoms with E-state index in [1.165, 1.54) is 6.42 Å². The topological polar surface area (TPSA) is 51.2 Å². The van der Waals surface area contributed by atoms with Crippen LogP contribution in [-0.4, -0.2) is 23.6 Å². The van der Waals surface area contributed by atoms with Crippen LogP contribution in [0, 0.1) is 21.7 Å². The van der Waals surface area contributed by atoms with Crippen molar-refractivity contribution in [2.24, 2.45) is 21.7 Å². The van der Waals surface area contributed by atoms with Crippen LogP contribution >= 0.6 is 21.6 Å². The number of ketones is 3. The van der Waals surface area contributed by atoms with Crippen LogP contribution in [0.4, 0.5) is 0 Å². The molecule has 0 saturated heterocycles. The van der Waals surface area contributed by atoms with Gasteiger partial charge in [-0.1, -0.05) is 130 Å². The van der Waals surface area contributed by atoms with Gasteiger partial charge in [0.2, 0.25) is 0 Å². The minimum Gasteiger partial charge on any atom is -0.300 e. The maximum absolute atomic E-state index is 10.5. The van der Waals surface area contributed by atoms with E-state index in [1.54, 1.807) is 42.4 Å². The first-order valence-corrected chi connectivity index (χ1v) is 17.4. The average molecular weight is 617 g/mol. The number of rotatable bonds is 11. The standard InChI is InChI=1S/C10H18O.C9H18O.C8H16O.C8H16S2.CH4/c1-9(11)7-5-6-8-10(2,3)4;1-8(10)6-5-7-9(2,3)4;1-7(9)5-6-8(2,3)4;1-8(2,3)6-5-7-10-9-4;/h5-6H,7-8H2,1-4H3;5-7H2,1-4H3;5-6H2,1-4H3;5,7H,6H2,1-4H3;1H4. The number of hydrogen-bond acceptors (Lipinski definition) is 5. The van der Waals surface area contributed by atoms with Crippen molar-refractivity contribution in [2.45, 2.75) is 163 Å². The molecule has 246 valence electrons. The maximum Gasteiger partial charge on any atom is 0.133 e. The Labute approximate surface area is 266 Å². The second-order valence-electron chi connectivity index (χ2n) is 15.4. The van der Waals surface area contributed by atoms with E-state index in [9.17, 15) is 14.4 Å². The first-order valence-electron chi connectivity index (χ1n) is 14.8. The second-order valence-corrected chi connectivity index (χ2v) is 17.8. The van der Waals surface area contributed by atoms with Crippen molar-refractivity contribution in [3.8, 4) is 0 Å². The van der Waals surface area contributed by atoms with Gasteiger partial charge in [0.15, 0.2) is 0 Å². The predicted molar refractivity (Wildman–Crippen MR) is 193 cm³/mol. The summed E-state index contributed by atoms with van der Waals surface area (Å²) in [6.07, 6.45) is 15.8. The van der Waals surface area contributed by atoms with E-state index in [-0.39, 0.29) is 13.2 Å². The summed E-state index contributed by atoms with van der Waals surface area (Å²) in [6, 6.07) is 0. The summed E-state index contributed by atoms with van der Waals surface area (Å²) in [7, 11) is 3.57. The van der Waals surface area contributed by atoms with Crippen LogP contribution in [0.1, 0.15) is 163 Å². The zero-order valence-corrected chi connectivity index (χ0v) is 31.1. The highest BCUT2D eigenvalue weighted by atomic mass is 33.1. The Bertz CT molecular complexity index is 707. The van der Waals surface area contributed by atoms with Crippen LogP contribution in [-0.2, 0) is 14.4 Å². The highest BCUT2D eigenvalue weighted by Crippen LogP contribution is 2.23. The maximum atomic E-state index is 10.5. The Hall–Kier alpha value is -0.810. The molecule has 0 aliphatic heterocycles. The summed E-state index contributed by atoms with van der Waals surface area (Å²) in [6.45, 7) is 31.3. The SMILES string of the molecule is C.CC(=O)CC=CCC(C)(C)C.CC(=O)CCC(C)(C)C.CC(=O)CCCC(C)(C)C.CSSC=CCC(C)(C)C. The van der Waals surface area contributed by atoms with Gasteiger partial charge in [-0.15, -0.1) is 0 Å². The smallest absolute Gasteiger partial charge is 0.133 e. The Morgan fingerprint density at radius 1 is 0.561 bits per heavy atom. The predicted octanol–water partition coefficient (Wildman–Crippen LogP) is 12.7. The van der Waals surface area contributed by atoms with Gasteiger partial charge in [-0.25, -0.2) is 0 Å². The molecule has 0 fully saturated rings. The van der Waals surface area contributed by atoms with Gasteiger partial charge >= 0.3 is 0 Å². The van der Waals surface area contributed by atoms with Gasteiger partial charge in [0.05, 0.1) is 0 Å². The van der Waals surface area contributed by atoms with Gasteiger partial charge < -0.3 is 9.59 Å². The molecule has 0 saturated carbocycles. The van der Waals surface area contributed by atoms with Gasteiger partial charge in [0.1, 0.15) is 17.3 Å². The van der Waals surface area contributed by atoms with Crippen molar-refractivity contribution < 1.29 is 14.4 Å². The fourth-order valence-electron chi connectivity index (χ4n) is 2.60. The molecule has 0 atom stereocenters. The third kappa shape index (κ3) is 73.3. The molecule has 0 rings (SSSR count). The summed E-state index contributed by atoms with van der Waals surface area (Å²) in [5.74, 6) is 0.837. The largest absolute Gasteiger partial charge is 0.300 e. The van der Waals surface area contributed by atoms with Gasteiger partial charge in [0, 0.05) is 19.3 Å². The van der Waals surface area contributed by atoms with Crippen molar-refractivity contribution in [1.29, 1.82) is 0 Å². The first kappa shape index (κ1) is 49.8. The molecule has 0 aromatic carbocycles. The monoisotopic (exact) mass is 616 g/mol. The minimum absolute atomic E-state index is 0. The van der Waals surface area contributed by atoms with Gasteiger partial charge in [-0.3, -0.25) is 4.79 Å². The lowest BCUT2D eigenvalue weighted by Gasteiger charge is -2.16. The van der Waals surface area contributed by atoms with Crippen LogP contribution in [0.25, 0.3) is 0 Å². The molecule has 0 aliphatic rings. The molecule has 0 aromatic rings. The second kappa shape index (κ2) is 26.8. The lowest BCUT2D eigenvalue weighted by atomic mass is 9.89. The average Bonchev–Trinajstić information content (AvgIpc) is 2.71. The molecule has 3 nitrogen and oxygen atoms in total. The van der Waals surface area contributed by atoms with E-state index in [1.807, 2.05) is 6.08 Å². The fraction of sp³-hybridized carbons (Fsp3) is 0.806. The summed E-state index contributed by atoms with van der Waals surface area (Å²) >= 11 is 0. The summed E-state index contributed by atoms with van der Waals surface area (Å²) in [5, 5.41) is 2.16. The number of carbonyl (C=O) groups excluding carboxylic acids is 3. The lowest BCUT2D eigenvalue weighted by Crippen LogP contribution is -2.06. The molecular formula is C36H72O3S2. The quantitative estimate of drug-likeness (QED) is 0.171. The summed E-state index contributed by atoms with van der Waals surface area (Å²) < 4.78 is 0. The zero-order valence-electron chi connectivity index (χ0n) is 29.5. The summed E-state index contributed by atoms with van der Waals surface area (Å²) in [5.41, 5.74) is 1.48. The third-order valence-corrected chi connectivity index (χ3v) is 6.37. The number of carbonyl (C=O) groups is 3. The van der Waals surface area contributed by atoms with E-state index in [2.05, 4.69) is 107 Å². The zero-order chi connectivity index (χ0) is 32.6. The Balaban J connectivity index is -0.000000140. The third-order valence-electron chi connectivity index (χ3n) is 4.96. The Morgan fingerprint density at radius 3 is 1.27 bits per heavy atom. The Morgan fingerprint density at radius 2 is 0.976 bits per heavy atom. The van der Waals surface area contributed by atoms with Crippen LogP contribution in [0.2, 0.25) is 0 Å². The number of Topliss-reactive ketones (excluding diaryl/α,β-unsaturated/α-hetero) is 3. The van der Waals surface area contributed by atoms with Gasteiger partial charge in [-0.05, 0) is 86.2 Å². The minimum atomic E-state index is 0. The van der Waals surface area contributed by atoms with Crippen molar-refractivity contribution >= 4 is 38.9 Å². The van der Waals surface area contributed by atoms with E-state index in [4.69, 9.17) is 0 Å². The molecule has 0 heterocycles. The molecule has 0 N–H and O–H groups in total. The van der Waals surface area contributed by atoms with E-state index >= 15 is 0 Å². The highest BCUT2D eigenvalue weighted by molar-refractivity contribution is 8.77. The fourth-order valence-corrected chi connectivity index (χ4v) is 3.46. The lowest BCUT2D eigenvalue weighted by molar-refractivity contribution is -0.118. The van der Waals surface area contributed by atoms with Gasteiger partial charge in [-0.2, -0.15) is 0 Å². The molecule has 0 radical (unpaired) electrons. The summed E-state index contributed by atoms with van der Waals surface area (Å²) in [4.78, 5) is 31.5. The number of hydrogen-bond donors (Lipinski definition) is 0. The van der Waals surface area contributed by atoms with Gasteiger partial charge in [0.25, 0.3) is 0 Å². The first-order chi connectivity index (χ1) is 17.8. The molecule has 0 unspecified atom stereocenters.